The van der Waals surface area contributed by atoms with Crippen LogP contribution in [0.25, 0.3) is 28.5 Å². The number of aromatic nitrogens is 5. The van der Waals surface area contributed by atoms with Gasteiger partial charge in [0.1, 0.15) is 22.7 Å². The molecular formula is C27H21ClF5N7O3. The number of carboxylic acid groups (broad SMARTS) is 1. The zero-order valence-electron chi connectivity index (χ0n) is 22.3. The maximum Gasteiger partial charge on any atom is 0.453 e. The van der Waals surface area contributed by atoms with E-state index in [2.05, 4.69) is 25.4 Å². The first-order valence-electron chi connectivity index (χ1n) is 12.5. The number of carboxylic acids is 1. The number of fused-ring (bicyclic) bond motifs is 2. The van der Waals surface area contributed by atoms with Crippen LogP contribution in [0.15, 0.2) is 42.1 Å². The first kappa shape index (κ1) is 29.8. The van der Waals surface area contributed by atoms with Crippen LogP contribution in [-0.2, 0) is 21.5 Å². The Morgan fingerprint density at radius 2 is 1.91 bits per heavy atom. The van der Waals surface area contributed by atoms with Crippen molar-refractivity contribution in [2.75, 3.05) is 11.1 Å². The molecule has 0 saturated heterocycles. The fourth-order valence-electron chi connectivity index (χ4n) is 4.73. The normalized spacial score (nSPS) is 17.3. The van der Waals surface area contributed by atoms with E-state index >= 15 is 0 Å². The number of rotatable bonds is 7. The predicted molar refractivity (Wildman–Crippen MR) is 146 cm³/mol. The highest BCUT2D eigenvalue weighted by Crippen LogP contribution is 2.45. The average molecular weight is 622 g/mol. The molecule has 4 aromatic rings. The first-order chi connectivity index (χ1) is 20.0. The minimum atomic E-state index is -5.73. The second-order valence-corrected chi connectivity index (χ2v) is 10.5. The van der Waals surface area contributed by atoms with E-state index in [1.165, 1.54) is 37.4 Å². The number of amides is 1. The Bertz CT molecular complexity index is 1820. The molecule has 0 fully saturated rings. The van der Waals surface area contributed by atoms with Crippen molar-refractivity contribution >= 4 is 52.1 Å². The molecule has 5 rings (SSSR count). The van der Waals surface area contributed by atoms with Crippen LogP contribution < -0.4 is 11.1 Å². The molecule has 3 aromatic heterocycles. The minimum Gasteiger partial charge on any atom is -0.478 e. The van der Waals surface area contributed by atoms with E-state index < -0.39 is 42.4 Å². The summed E-state index contributed by atoms with van der Waals surface area (Å²) in [4.78, 5) is 37.4. The monoisotopic (exact) mass is 621 g/mol. The number of alkyl halides is 5. The average Bonchev–Trinajstić information content (AvgIpc) is 3.41. The summed E-state index contributed by atoms with van der Waals surface area (Å²) in [6, 6.07) is 7.44. The lowest BCUT2D eigenvalue weighted by Crippen LogP contribution is -2.37. The second-order valence-electron chi connectivity index (χ2n) is 10.0. The number of hydrogen-bond donors (Lipinski definition) is 3. The molecule has 4 N–H and O–H groups in total. The van der Waals surface area contributed by atoms with Gasteiger partial charge in [-0.05, 0) is 49.8 Å². The molecule has 1 aliphatic rings. The molecule has 0 aliphatic carbocycles. The number of nitrogens with zero attached hydrogens (tertiary/aromatic N) is 5. The third kappa shape index (κ3) is 5.13. The number of carbonyl (C=O) groups is 2. The number of halogens is 6. The molecule has 0 spiro atoms. The molecule has 1 amide bonds. The first-order valence-corrected chi connectivity index (χ1v) is 12.9. The molecule has 0 bridgehead atoms. The number of pyridine rings is 1. The smallest absolute Gasteiger partial charge is 0.453 e. The summed E-state index contributed by atoms with van der Waals surface area (Å²) in [5, 5.41) is 16.4. The zero-order chi connectivity index (χ0) is 31.5. The van der Waals surface area contributed by atoms with E-state index in [0.717, 1.165) is 4.68 Å². The van der Waals surface area contributed by atoms with E-state index in [9.17, 15) is 31.5 Å². The van der Waals surface area contributed by atoms with Crippen molar-refractivity contribution in [3.8, 4) is 11.5 Å². The molecule has 1 atom stereocenters. The summed E-state index contributed by atoms with van der Waals surface area (Å²) in [6.07, 6.45) is -4.49. The zero-order valence-corrected chi connectivity index (χ0v) is 23.1. The number of hydrogen-bond acceptors (Lipinski definition) is 7. The van der Waals surface area contributed by atoms with E-state index in [1.54, 1.807) is 19.1 Å². The highest BCUT2D eigenvalue weighted by Gasteiger charge is 2.57. The van der Waals surface area contributed by atoms with Crippen LogP contribution >= 0.6 is 11.6 Å². The van der Waals surface area contributed by atoms with Crippen molar-refractivity contribution in [3.63, 3.8) is 0 Å². The van der Waals surface area contributed by atoms with Gasteiger partial charge in [0.15, 0.2) is 5.82 Å². The van der Waals surface area contributed by atoms with E-state index in [-0.39, 0.29) is 50.5 Å². The third-order valence-electron chi connectivity index (χ3n) is 7.12. The Balaban J connectivity index is 1.55. The van der Waals surface area contributed by atoms with Gasteiger partial charge in [-0.2, -0.15) is 27.1 Å². The van der Waals surface area contributed by atoms with E-state index in [4.69, 9.17) is 22.4 Å². The van der Waals surface area contributed by atoms with Gasteiger partial charge in [-0.25, -0.2) is 14.8 Å². The van der Waals surface area contributed by atoms with Gasteiger partial charge < -0.3 is 16.2 Å². The maximum absolute atomic E-state index is 13.7. The van der Waals surface area contributed by atoms with Gasteiger partial charge in [0.2, 0.25) is 5.91 Å². The number of nitrogens with one attached hydrogen (secondary N) is 1. The molecule has 43 heavy (non-hydrogen) atoms. The van der Waals surface area contributed by atoms with Gasteiger partial charge in [0.25, 0.3) is 0 Å². The Morgan fingerprint density at radius 3 is 2.53 bits per heavy atom. The number of nitrogen functional groups attached to an aromatic ring is 1. The van der Waals surface area contributed by atoms with Crippen LogP contribution in [0.5, 0.6) is 0 Å². The van der Waals surface area contributed by atoms with Crippen LogP contribution in [0.4, 0.5) is 33.6 Å². The molecular weight excluding hydrogens is 601 g/mol. The number of aryl methyl sites for hydroxylation is 1. The summed E-state index contributed by atoms with van der Waals surface area (Å²) in [7, 11) is 0. The van der Waals surface area contributed by atoms with E-state index in [0.29, 0.717) is 10.9 Å². The summed E-state index contributed by atoms with van der Waals surface area (Å²) < 4.78 is 66.6. The van der Waals surface area contributed by atoms with E-state index in [1.807, 2.05) is 0 Å². The summed E-state index contributed by atoms with van der Waals surface area (Å²) in [5.41, 5.74) is 6.11. The molecule has 0 saturated carbocycles. The highest BCUT2D eigenvalue weighted by molar-refractivity contribution is 6.31. The van der Waals surface area contributed by atoms with Crippen LogP contribution in [0.1, 0.15) is 37.1 Å². The second kappa shape index (κ2) is 10.3. The van der Waals surface area contributed by atoms with Crippen LogP contribution in [0.3, 0.4) is 0 Å². The number of nitrogens with two attached hydrogens (primary N) is 1. The number of benzene rings is 1. The Labute approximate surface area is 244 Å². The molecule has 0 radical (unpaired) electrons. The largest absolute Gasteiger partial charge is 0.478 e. The van der Waals surface area contributed by atoms with Crippen molar-refractivity contribution < 1.29 is 36.6 Å². The van der Waals surface area contributed by atoms with Crippen LogP contribution in [-0.4, -0.2) is 53.8 Å². The van der Waals surface area contributed by atoms with Crippen molar-refractivity contribution in [1.29, 1.82) is 0 Å². The molecule has 224 valence electrons. The predicted octanol–water partition coefficient (Wildman–Crippen LogP) is 5.46. The lowest BCUT2D eigenvalue weighted by molar-refractivity contribution is -0.285. The molecule has 4 heterocycles. The Morgan fingerprint density at radius 1 is 1.19 bits per heavy atom. The number of anilines is 2. The van der Waals surface area contributed by atoms with Gasteiger partial charge >= 0.3 is 18.1 Å². The topological polar surface area (TPSA) is 149 Å². The third-order valence-corrected chi connectivity index (χ3v) is 7.36. The van der Waals surface area contributed by atoms with Crippen molar-refractivity contribution in [1.82, 2.24) is 24.7 Å². The lowest BCUT2D eigenvalue weighted by atomic mass is 9.80. The molecule has 1 unspecified atom stereocenters. The summed E-state index contributed by atoms with van der Waals surface area (Å²) in [6.45, 7) is 2.18. The SMILES string of the molecule is C/C(=C\c1ccc(C2(C)C(=O)Nc3nc(-c4nn(CCC(F)(F)C(F)(F)F)c5cc(Cl)ccc45)nc(N)c32)nc1)C(=O)O. The van der Waals surface area contributed by atoms with Gasteiger partial charge in [0, 0.05) is 35.1 Å². The summed E-state index contributed by atoms with van der Waals surface area (Å²) >= 11 is 6.06. The van der Waals surface area contributed by atoms with Gasteiger partial charge in [0.05, 0.1) is 16.8 Å². The van der Waals surface area contributed by atoms with Gasteiger partial charge in [-0.1, -0.05) is 17.7 Å². The minimum absolute atomic E-state index is 0.0161. The molecule has 1 aromatic carbocycles. The van der Waals surface area contributed by atoms with Crippen molar-refractivity contribution in [3.05, 3.63) is 63.9 Å². The molecule has 10 nitrogen and oxygen atoms in total. The van der Waals surface area contributed by atoms with Crippen LogP contribution in [0.2, 0.25) is 5.02 Å². The van der Waals surface area contributed by atoms with Crippen molar-refractivity contribution in [2.24, 2.45) is 0 Å². The quantitative estimate of drug-likeness (QED) is 0.182. The van der Waals surface area contributed by atoms with Crippen molar-refractivity contribution in [2.45, 2.75) is 44.3 Å². The van der Waals surface area contributed by atoms with Gasteiger partial charge in [-0.15, -0.1) is 0 Å². The standard InChI is InChI=1S/C27H21ClF5N7O3/c1-12(23(41)42)9-13-3-6-17(35-11-13)25(2)18-20(34)36-22(37-21(18)38-24(25)43)19-15-5-4-14(28)10-16(15)40(39-19)8-7-26(29,30)27(31,32)33/h3-6,9-11H,7-8H2,1-2H3,(H,41,42)(H3,34,36,37,38,43)/b12-9+. The van der Waals surface area contributed by atoms with Gasteiger partial charge in [-0.3, -0.25) is 14.5 Å². The molecule has 16 heteroatoms. The van der Waals surface area contributed by atoms with Crippen LogP contribution in [0, 0.1) is 0 Å². The number of carbonyl (C=O) groups excluding carboxylic acids is 1. The fourth-order valence-corrected chi connectivity index (χ4v) is 4.89. The number of aliphatic carboxylic acids is 1. The maximum atomic E-state index is 13.7. The Kier molecular flexibility index (Phi) is 7.11. The lowest BCUT2D eigenvalue weighted by Gasteiger charge is -2.22. The fraction of sp³-hybridized carbons (Fsp3) is 0.259. The Hall–Kier alpha value is -4.66. The highest BCUT2D eigenvalue weighted by atomic mass is 35.5. The molecule has 1 aliphatic heterocycles. The summed E-state index contributed by atoms with van der Waals surface area (Å²) in [5.74, 6) is -6.80.